The van der Waals surface area contributed by atoms with Crippen LogP contribution in [0.4, 0.5) is 0 Å². The van der Waals surface area contributed by atoms with Gasteiger partial charge >= 0.3 is 0 Å². The van der Waals surface area contributed by atoms with E-state index in [1.54, 1.807) is 0 Å². The molecule has 1 amide bonds. The van der Waals surface area contributed by atoms with E-state index in [2.05, 4.69) is 37.5 Å². The van der Waals surface area contributed by atoms with Crippen LogP contribution in [-0.4, -0.2) is 48.4 Å². The van der Waals surface area contributed by atoms with Crippen molar-refractivity contribution in [1.82, 2.24) is 9.80 Å². The number of hydrogen-bond acceptors (Lipinski definition) is 2. The van der Waals surface area contributed by atoms with Crippen LogP contribution < -0.4 is 0 Å². The normalized spacial score (nSPS) is 21.1. The van der Waals surface area contributed by atoms with Crippen molar-refractivity contribution >= 4 is 5.91 Å². The summed E-state index contributed by atoms with van der Waals surface area (Å²) in [6.45, 7) is 14.9. The molecule has 1 spiro atoms. The predicted molar refractivity (Wildman–Crippen MR) is 111 cm³/mol. The molecule has 0 aromatic rings. The molecule has 152 valence electrons. The smallest absolute Gasteiger partial charge is 0.225 e. The summed E-state index contributed by atoms with van der Waals surface area (Å²) in [7, 11) is 0. The average Bonchev–Trinajstić information content (AvgIpc) is 2.63. The number of amides is 1. The molecule has 0 N–H and O–H groups in total. The van der Waals surface area contributed by atoms with Gasteiger partial charge in [-0.2, -0.15) is 0 Å². The van der Waals surface area contributed by atoms with Gasteiger partial charge in [0.15, 0.2) is 0 Å². The van der Waals surface area contributed by atoms with Crippen molar-refractivity contribution in [3.8, 4) is 0 Å². The standard InChI is InChI=1S/C23H44N2O/c1-5-8-21(9-6-2)22(26)25-18-13-23(14-19-25)11-16-24(17-12-23)15-7-10-20(3)4/h20-21H,5-19H2,1-4H3. The maximum absolute atomic E-state index is 12.9. The van der Waals surface area contributed by atoms with Gasteiger partial charge in [-0.05, 0) is 82.3 Å². The number of piperidine rings is 2. The van der Waals surface area contributed by atoms with Gasteiger partial charge in [0.2, 0.25) is 5.91 Å². The van der Waals surface area contributed by atoms with Gasteiger partial charge in [0.25, 0.3) is 0 Å². The lowest BCUT2D eigenvalue weighted by atomic mass is 9.71. The highest BCUT2D eigenvalue weighted by Crippen LogP contribution is 2.41. The molecular weight excluding hydrogens is 320 g/mol. The van der Waals surface area contributed by atoms with E-state index < -0.39 is 0 Å². The minimum Gasteiger partial charge on any atom is -0.342 e. The molecule has 0 bridgehead atoms. The summed E-state index contributed by atoms with van der Waals surface area (Å²) < 4.78 is 0. The van der Waals surface area contributed by atoms with Gasteiger partial charge in [0, 0.05) is 19.0 Å². The molecule has 3 heteroatoms. The molecule has 0 saturated carbocycles. The maximum atomic E-state index is 12.9. The second-order valence-corrected chi connectivity index (χ2v) is 9.48. The van der Waals surface area contributed by atoms with Crippen LogP contribution in [0.1, 0.15) is 91.9 Å². The Morgan fingerprint density at radius 2 is 1.42 bits per heavy atom. The van der Waals surface area contributed by atoms with Crippen LogP contribution in [0.2, 0.25) is 0 Å². The van der Waals surface area contributed by atoms with E-state index in [1.165, 1.54) is 58.2 Å². The topological polar surface area (TPSA) is 23.6 Å². The van der Waals surface area contributed by atoms with Gasteiger partial charge in [-0.1, -0.05) is 40.5 Å². The molecule has 2 fully saturated rings. The van der Waals surface area contributed by atoms with Crippen molar-refractivity contribution in [3.05, 3.63) is 0 Å². The van der Waals surface area contributed by atoms with Crippen molar-refractivity contribution in [1.29, 1.82) is 0 Å². The summed E-state index contributed by atoms with van der Waals surface area (Å²) in [6, 6.07) is 0. The number of carbonyl (C=O) groups is 1. The Kier molecular flexibility index (Phi) is 8.93. The fourth-order valence-electron chi connectivity index (χ4n) is 5.02. The van der Waals surface area contributed by atoms with Crippen LogP contribution in [0, 0.1) is 17.3 Å². The Balaban J connectivity index is 1.75. The third-order valence-corrected chi connectivity index (χ3v) is 6.93. The van der Waals surface area contributed by atoms with E-state index in [1.807, 2.05) is 0 Å². The van der Waals surface area contributed by atoms with Crippen LogP contribution in [0.5, 0.6) is 0 Å². The molecular formula is C23H44N2O. The zero-order chi connectivity index (χ0) is 19.0. The van der Waals surface area contributed by atoms with E-state index in [-0.39, 0.29) is 5.92 Å². The molecule has 0 atom stereocenters. The molecule has 26 heavy (non-hydrogen) atoms. The van der Waals surface area contributed by atoms with Gasteiger partial charge in [-0.15, -0.1) is 0 Å². The molecule has 2 aliphatic heterocycles. The molecule has 2 saturated heterocycles. The fraction of sp³-hybridized carbons (Fsp3) is 0.957. The lowest BCUT2D eigenvalue weighted by molar-refractivity contribution is -0.139. The lowest BCUT2D eigenvalue weighted by Gasteiger charge is -2.47. The highest BCUT2D eigenvalue weighted by atomic mass is 16.2. The first kappa shape index (κ1) is 21.7. The number of rotatable bonds is 9. The number of nitrogens with zero attached hydrogens (tertiary/aromatic N) is 2. The molecule has 0 aromatic heterocycles. The van der Waals surface area contributed by atoms with Crippen molar-refractivity contribution in [3.63, 3.8) is 0 Å². The van der Waals surface area contributed by atoms with Crippen molar-refractivity contribution in [2.24, 2.45) is 17.3 Å². The zero-order valence-corrected chi connectivity index (χ0v) is 18.1. The van der Waals surface area contributed by atoms with E-state index in [4.69, 9.17) is 0 Å². The van der Waals surface area contributed by atoms with E-state index in [0.717, 1.165) is 44.7 Å². The zero-order valence-electron chi connectivity index (χ0n) is 18.1. The third-order valence-electron chi connectivity index (χ3n) is 6.93. The quantitative estimate of drug-likeness (QED) is 0.551. The SMILES string of the molecule is CCCC(CCC)C(=O)N1CCC2(CCN(CCCC(C)C)CC2)CC1. The Morgan fingerprint density at radius 1 is 0.885 bits per heavy atom. The first-order valence-electron chi connectivity index (χ1n) is 11.5. The first-order valence-corrected chi connectivity index (χ1v) is 11.5. The lowest BCUT2D eigenvalue weighted by Crippen LogP contribution is -2.49. The minimum absolute atomic E-state index is 0.279. The van der Waals surface area contributed by atoms with Crippen LogP contribution in [0.15, 0.2) is 0 Å². The summed E-state index contributed by atoms with van der Waals surface area (Å²) in [6.07, 6.45) is 12.3. The van der Waals surface area contributed by atoms with Crippen LogP contribution in [0.3, 0.4) is 0 Å². The number of likely N-dealkylation sites (tertiary alicyclic amines) is 2. The van der Waals surface area contributed by atoms with Gasteiger partial charge < -0.3 is 9.80 Å². The molecule has 2 rings (SSSR count). The second-order valence-electron chi connectivity index (χ2n) is 9.48. The largest absolute Gasteiger partial charge is 0.342 e. The molecule has 2 aliphatic rings. The molecule has 0 aromatic carbocycles. The minimum atomic E-state index is 0.279. The van der Waals surface area contributed by atoms with Crippen molar-refractivity contribution in [2.45, 2.75) is 91.9 Å². The molecule has 3 nitrogen and oxygen atoms in total. The van der Waals surface area contributed by atoms with Crippen molar-refractivity contribution in [2.75, 3.05) is 32.7 Å². The summed E-state index contributed by atoms with van der Waals surface area (Å²) in [5.74, 6) is 1.56. The van der Waals surface area contributed by atoms with E-state index in [0.29, 0.717) is 11.3 Å². The molecule has 0 unspecified atom stereocenters. The fourth-order valence-corrected chi connectivity index (χ4v) is 5.02. The summed E-state index contributed by atoms with van der Waals surface area (Å²) >= 11 is 0. The Morgan fingerprint density at radius 3 is 1.92 bits per heavy atom. The van der Waals surface area contributed by atoms with E-state index >= 15 is 0 Å². The van der Waals surface area contributed by atoms with Gasteiger partial charge in [-0.25, -0.2) is 0 Å². The highest BCUT2D eigenvalue weighted by molar-refractivity contribution is 5.78. The van der Waals surface area contributed by atoms with Crippen molar-refractivity contribution < 1.29 is 4.79 Å². The van der Waals surface area contributed by atoms with Crippen LogP contribution in [-0.2, 0) is 4.79 Å². The summed E-state index contributed by atoms with van der Waals surface area (Å²) in [5.41, 5.74) is 0.538. The number of hydrogen-bond donors (Lipinski definition) is 0. The van der Waals surface area contributed by atoms with Gasteiger partial charge in [0.1, 0.15) is 0 Å². The monoisotopic (exact) mass is 364 g/mol. The molecule has 0 aliphatic carbocycles. The van der Waals surface area contributed by atoms with Crippen LogP contribution in [0.25, 0.3) is 0 Å². The third kappa shape index (κ3) is 6.25. The van der Waals surface area contributed by atoms with Gasteiger partial charge in [0.05, 0.1) is 0 Å². The Labute approximate surface area is 162 Å². The highest BCUT2D eigenvalue weighted by Gasteiger charge is 2.39. The summed E-state index contributed by atoms with van der Waals surface area (Å²) in [4.78, 5) is 17.8. The first-order chi connectivity index (χ1) is 12.5. The van der Waals surface area contributed by atoms with Gasteiger partial charge in [-0.3, -0.25) is 4.79 Å². The summed E-state index contributed by atoms with van der Waals surface area (Å²) in [5, 5.41) is 0. The van der Waals surface area contributed by atoms with Crippen LogP contribution >= 0.6 is 0 Å². The molecule has 2 heterocycles. The average molecular weight is 365 g/mol. The molecule has 0 radical (unpaired) electrons. The Hall–Kier alpha value is -0.570. The second kappa shape index (κ2) is 10.7. The van der Waals surface area contributed by atoms with E-state index in [9.17, 15) is 4.79 Å². The number of carbonyl (C=O) groups excluding carboxylic acids is 1. The predicted octanol–water partition coefficient (Wildman–Crippen LogP) is 5.34. The Bertz CT molecular complexity index is 396. The maximum Gasteiger partial charge on any atom is 0.225 e.